The van der Waals surface area contributed by atoms with E-state index in [0.717, 1.165) is 0 Å². The van der Waals surface area contributed by atoms with Crippen LogP contribution in [-0.2, 0) is 4.79 Å². The van der Waals surface area contributed by atoms with E-state index in [1.807, 2.05) is 6.92 Å². The van der Waals surface area contributed by atoms with Gasteiger partial charge in [-0.25, -0.2) is 0 Å². The number of benzene rings is 1. The summed E-state index contributed by atoms with van der Waals surface area (Å²) < 4.78 is 0. The van der Waals surface area contributed by atoms with E-state index in [1.54, 1.807) is 21.9 Å². The summed E-state index contributed by atoms with van der Waals surface area (Å²) in [4.78, 5) is 27.8. The molecule has 1 aromatic rings. The zero-order valence-corrected chi connectivity index (χ0v) is 13.4. The Labute approximate surface area is 136 Å². The van der Waals surface area contributed by atoms with E-state index < -0.39 is 0 Å². The number of phenols is 1. The first-order valence-corrected chi connectivity index (χ1v) is 7.10. The molecule has 0 bridgehead atoms. The van der Waals surface area contributed by atoms with E-state index in [-0.39, 0.29) is 35.9 Å². The number of nitrogens with two attached hydrogens (primary N) is 1. The van der Waals surface area contributed by atoms with Crippen molar-refractivity contribution in [2.45, 2.75) is 6.92 Å². The van der Waals surface area contributed by atoms with Gasteiger partial charge in [0.2, 0.25) is 5.91 Å². The van der Waals surface area contributed by atoms with Gasteiger partial charge in [-0.1, -0.05) is 13.0 Å². The van der Waals surface area contributed by atoms with E-state index in [2.05, 4.69) is 0 Å². The predicted molar refractivity (Wildman–Crippen MR) is 86.1 cm³/mol. The Kier molecular flexibility index (Phi) is 6.64. The van der Waals surface area contributed by atoms with Gasteiger partial charge in [0.25, 0.3) is 5.91 Å². The number of hydrogen-bond donors (Lipinski definition) is 2. The van der Waals surface area contributed by atoms with Crippen LogP contribution in [0.3, 0.4) is 0 Å². The van der Waals surface area contributed by atoms with E-state index in [0.29, 0.717) is 38.3 Å². The first-order valence-electron chi connectivity index (χ1n) is 7.10. The highest BCUT2D eigenvalue weighted by Crippen LogP contribution is 2.15. The van der Waals surface area contributed by atoms with Gasteiger partial charge >= 0.3 is 0 Å². The number of carbonyl (C=O) groups is 2. The van der Waals surface area contributed by atoms with Crippen molar-refractivity contribution < 1.29 is 14.7 Å². The normalized spacial score (nSPS) is 15.9. The highest BCUT2D eigenvalue weighted by molar-refractivity contribution is 5.94. The summed E-state index contributed by atoms with van der Waals surface area (Å²) in [6, 6.07) is 6.30. The van der Waals surface area contributed by atoms with Gasteiger partial charge in [-0.05, 0) is 18.2 Å². The van der Waals surface area contributed by atoms with Gasteiger partial charge in [0, 0.05) is 44.2 Å². The fourth-order valence-corrected chi connectivity index (χ4v) is 2.36. The molecule has 1 aliphatic rings. The highest BCUT2D eigenvalue weighted by atomic mass is 35.5. The summed E-state index contributed by atoms with van der Waals surface area (Å²) in [5.74, 6) is -0.184. The van der Waals surface area contributed by atoms with Gasteiger partial charge in [0.15, 0.2) is 0 Å². The molecule has 1 aromatic carbocycles. The minimum Gasteiger partial charge on any atom is -0.508 e. The molecule has 3 N–H and O–H groups in total. The second-order valence-electron chi connectivity index (χ2n) is 5.30. The molecule has 1 aliphatic heterocycles. The second kappa shape index (κ2) is 8.00. The molecule has 0 aliphatic carbocycles. The van der Waals surface area contributed by atoms with Crippen molar-refractivity contribution in [2.75, 3.05) is 32.7 Å². The Morgan fingerprint density at radius 1 is 1.23 bits per heavy atom. The predicted octanol–water partition coefficient (Wildman–Crippen LogP) is 0.693. The third-order valence-corrected chi connectivity index (χ3v) is 3.75. The third-order valence-electron chi connectivity index (χ3n) is 3.75. The Morgan fingerprint density at radius 2 is 1.82 bits per heavy atom. The van der Waals surface area contributed by atoms with Crippen molar-refractivity contribution >= 4 is 24.2 Å². The average Bonchev–Trinajstić information content (AvgIpc) is 2.53. The number of phenolic OH excluding ortho intramolecular Hbond substituents is 1. The molecular formula is C15H22ClN3O3. The van der Waals surface area contributed by atoms with Crippen LogP contribution in [0.25, 0.3) is 0 Å². The van der Waals surface area contributed by atoms with Crippen molar-refractivity contribution in [3.8, 4) is 5.75 Å². The van der Waals surface area contributed by atoms with Crippen LogP contribution in [-0.4, -0.2) is 59.4 Å². The summed E-state index contributed by atoms with van der Waals surface area (Å²) in [5, 5.41) is 9.43. The highest BCUT2D eigenvalue weighted by Gasteiger charge is 2.26. The van der Waals surface area contributed by atoms with Crippen LogP contribution >= 0.6 is 12.4 Å². The molecule has 122 valence electrons. The van der Waals surface area contributed by atoms with Gasteiger partial charge in [0.1, 0.15) is 5.75 Å². The van der Waals surface area contributed by atoms with Gasteiger partial charge in [-0.15, -0.1) is 12.4 Å². The molecule has 7 heteroatoms. The zero-order chi connectivity index (χ0) is 15.4. The summed E-state index contributed by atoms with van der Waals surface area (Å²) in [7, 11) is 0. The summed E-state index contributed by atoms with van der Waals surface area (Å²) >= 11 is 0. The fourth-order valence-electron chi connectivity index (χ4n) is 2.36. The monoisotopic (exact) mass is 327 g/mol. The van der Waals surface area contributed by atoms with E-state index in [4.69, 9.17) is 5.73 Å². The molecule has 0 spiro atoms. The number of amides is 2. The minimum atomic E-state index is -0.182. The van der Waals surface area contributed by atoms with Gasteiger partial charge < -0.3 is 20.6 Å². The topological polar surface area (TPSA) is 86.9 Å². The molecular weight excluding hydrogens is 306 g/mol. The van der Waals surface area contributed by atoms with Crippen molar-refractivity contribution in [1.29, 1.82) is 0 Å². The smallest absolute Gasteiger partial charge is 0.254 e. The number of hydrogen-bond acceptors (Lipinski definition) is 4. The number of rotatable bonds is 3. The molecule has 1 atom stereocenters. The number of carbonyl (C=O) groups excluding carboxylic acids is 2. The standard InChI is InChI=1S/C15H21N3O3.ClH/c1-11(10-16)14(20)17-5-7-18(8-6-17)15(21)12-3-2-4-13(19)9-12;/h2-4,9,11,19H,5-8,10,16H2,1H3;1H. The third kappa shape index (κ3) is 4.11. The first kappa shape index (κ1) is 18.3. The molecule has 2 rings (SSSR count). The quantitative estimate of drug-likeness (QED) is 0.855. The van der Waals surface area contributed by atoms with Crippen molar-refractivity contribution in [3.63, 3.8) is 0 Å². The first-order chi connectivity index (χ1) is 10.0. The van der Waals surface area contributed by atoms with Crippen LogP contribution in [0.1, 0.15) is 17.3 Å². The molecule has 1 saturated heterocycles. The van der Waals surface area contributed by atoms with Crippen LogP contribution in [0, 0.1) is 5.92 Å². The van der Waals surface area contributed by atoms with Gasteiger partial charge in [-0.2, -0.15) is 0 Å². The van der Waals surface area contributed by atoms with E-state index in [9.17, 15) is 14.7 Å². The van der Waals surface area contributed by atoms with E-state index in [1.165, 1.54) is 12.1 Å². The number of halogens is 1. The Hall–Kier alpha value is -1.79. The molecule has 6 nitrogen and oxygen atoms in total. The molecule has 0 aromatic heterocycles. The molecule has 1 heterocycles. The largest absolute Gasteiger partial charge is 0.508 e. The minimum absolute atomic E-state index is 0. The molecule has 0 radical (unpaired) electrons. The maximum absolute atomic E-state index is 12.3. The molecule has 2 amide bonds. The lowest BCUT2D eigenvalue weighted by Gasteiger charge is -2.36. The van der Waals surface area contributed by atoms with Crippen LogP contribution < -0.4 is 5.73 Å². The van der Waals surface area contributed by atoms with Crippen molar-refractivity contribution in [2.24, 2.45) is 11.7 Å². The molecule has 1 unspecified atom stereocenters. The molecule has 22 heavy (non-hydrogen) atoms. The van der Waals surface area contributed by atoms with Gasteiger partial charge in [0.05, 0.1) is 0 Å². The summed E-state index contributed by atoms with van der Waals surface area (Å²) in [6.45, 7) is 4.18. The van der Waals surface area contributed by atoms with Gasteiger partial charge in [-0.3, -0.25) is 9.59 Å². The van der Waals surface area contributed by atoms with Crippen LogP contribution in [0.15, 0.2) is 24.3 Å². The lowest BCUT2D eigenvalue weighted by molar-refractivity contribution is -0.136. The summed E-state index contributed by atoms with van der Waals surface area (Å²) in [6.07, 6.45) is 0. The summed E-state index contributed by atoms with van der Waals surface area (Å²) in [5.41, 5.74) is 5.97. The second-order valence-corrected chi connectivity index (χ2v) is 5.30. The van der Waals surface area contributed by atoms with Crippen molar-refractivity contribution in [1.82, 2.24) is 9.80 Å². The lowest BCUT2D eigenvalue weighted by atomic mass is 10.1. The van der Waals surface area contributed by atoms with Crippen LogP contribution in [0.4, 0.5) is 0 Å². The number of nitrogens with zero attached hydrogens (tertiary/aromatic N) is 2. The number of piperazine rings is 1. The molecule has 0 saturated carbocycles. The van der Waals surface area contributed by atoms with Crippen LogP contribution in [0.5, 0.6) is 5.75 Å². The Morgan fingerprint density at radius 3 is 2.36 bits per heavy atom. The van der Waals surface area contributed by atoms with E-state index >= 15 is 0 Å². The number of aromatic hydroxyl groups is 1. The Bertz CT molecular complexity index is 531. The fraction of sp³-hybridized carbons (Fsp3) is 0.467. The average molecular weight is 328 g/mol. The molecule has 1 fully saturated rings. The Balaban J connectivity index is 0.00000242. The maximum atomic E-state index is 12.3. The lowest BCUT2D eigenvalue weighted by Crippen LogP contribution is -2.52. The SMILES string of the molecule is CC(CN)C(=O)N1CCN(C(=O)c2cccc(O)c2)CC1.Cl. The maximum Gasteiger partial charge on any atom is 0.254 e. The van der Waals surface area contributed by atoms with Crippen LogP contribution in [0.2, 0.25) is 0 Å². The zero-order valence-electron chi connectivity index (χ0n) is 12.6. The van der Waals surface area contributed by atoms with Crippen molar-refractivity contribution in [3.05, 3.63) is 29.8 Å².